The molecule has 5 nitrogen and oxygen atoms in total. The number of rotatable bonds is 3. The number of benzene rings is 1. The first-order valence-electron chi connectivity index (χ1n) is 7.59. The number of ether oxygens (including phenoxy) is 1. The minimum absolute atomic E-state index is 0.0454. The highest BCUT2D eigenvalue weighted by Crippen LogP contribution is 2.34. The number of carbonyl (C=O) groups excluding carboxylic acids is 2. The zero-order valence-electron chi connectivity index (χ0n) is 13.7. The molecule has 1 aromatic rings. The van der Waals surface area contributed by atoms with Crippen LogP contribution in [0.4, 0.5) is 18.9 Å². The normalized spacial score (nSPS) is 15.8. The Morgan fingerprint density at radius 1 is 1.20 bits per heavy atom. The summed E-state index contributed by atoms with van der Waals surface area (Å²) in [6.45, 7) is 4.31. The maximum Gasteiger partial charge on any atom is 0.416 e. The first-order valence-corrected chi connectivity index (χ1v) is 7.96. The second-order valence-electron chi connectivity index (χ2n) is 6.18. The topological polar surface area (TPSA) is 58.6 Å². The minimum Gasteiger partial charge on any atom is -0.378 e. The van der Waals surface area contributed by atoms with E-state index in [2.05, 4.69) is 5.32 Å². The van der Waals surface area contributed by atoms with Gasteiger partial charge in [0.25, 0.3) is 0 Å². The van der Waals surface area contributed by atoms with Crippen molar-refractivity contribution < 1.29 is 27.5 Å². The van der Waals surface area contributed by atoms with Crippen LogP contribution in [0, 0.1) is 5.41 Å². The molecule has 1 aliphatic heterocycles. The van der Waals surface area contributed by atoms with Gasteiger partial charge in [-0.25, -0.2) is 0 Å². The van der Waals surface area contributed by atoms with Gasteiger partial charge in [-0.3, -0.25) is 9.59 Å². The Hall–Kier alpha value is -1.80. The zero-order valence-corrected chi connectivity index (χ0v) is 14.5. The number of nitrogens with one attached hydrogen (secondary N) is 1. The first kappa shape index (κ1) is 19.5. The summed E-state index contributed by atoms with van der Waals surface area (Å²) >= 11 is 5.87. The Labute approximate surface area is 148 Å². The SMILES string of the molecule is CC(C)(C(=O)Nc1cc(C(F)(F)F)ccc1Cl)C(=O)N1CCOCC1. The molecular formula is C16H18ClF3N2O3. The molecule has 1 N–H and O–H groups in total. The third-order valence-corrected chi connectivity index (χ3v) is 4.27. The minimum atomic E-state index is -4.57. The average Bonchev–Trinajstić information content (AvgIpc) is 2.55. The van der Waals surface area contributed by atoms with Gasteiger partial charge in [0.05, 0.1) is 29.5 Å². The molecule has 1 saturated heterocycles. The molecule has 1 aromatic carbocycles. The van der Waals surface area contributed by atoms with E-state index in [9.17, 15) is 22.8 Å². The van der Waals surface area contributed by atoms with E-state index >= 15 is 0 Å². The van der Waals surface area contributed by atoms with E-state index in [0.717, 1.165) is 18.2 Å². The summed E-state index contributed by atoms with van der Waals surface area (Å²) in [5, 5.41) is 2.29. The van der Waals surface area contributed by atoms with Crippen LogP contribution in [-0.2, 0) is 20.5 Å². The second kappa shape index (κ2) is 7.21. The van der Waals surface area contributed by atoms with E-state index in [1.54, 1.807) is 0 Å². The highest BCUT2D eigenvalue weighted by Gasteiger charge is 2.40. The van der Waals surface area contributed by atoms with Gasteiger partial charge in [0.1, 0.15) is 5.41 Å². The Kier molecular flexibility index (Phi) is 5.63. The van der Waals surface area contributed by atoms with Crippen molar-refractivity contribution in [3.8, 4) is 0 Å². The third-order valence-electron chi connectivity index (χ3n) is 3.94. The molecule has 0 unspecified atom stereocenters. The smallest absolute Gasteiger partial charge is 0.378 e. The number of alkyl halides is 3. The fraction of sp³-hybridized carbons (Fsp3) is 0.500. The van der Waals surface area contributed by atoms with E-state index in [0.29, 0.717) is 26.3 Å². The van der Waals surface area contributed by atoms with Crippen LogP contribution in [0.3, 0.4) is 0 Å². The number of hydrogen-bond donors (Lipinski definition) is 1. The van der Waals surface area contributed by atoms with Crippen molar-refractivity contribution in [2.24, 2.45) is 5.41 Å². The monoisotopic (exact) mass is 378 g/mol. The molecule has 0 spiro atoms. The Morgan fingerprint density at radius 3 is 2.36 bits per heavy atom. The van der Waals surface area contributed by atoms with E-state index in [1.165, 1.54) is 18.7 Å². The third kappa shape index (κ3) is 4.43. The van der Waals surface area contributed by atoms with Crippen LogP contribution in [-0.4, -0.2) is 43.0 Å². The molecule has 2 rings (SSSR count). The lowest BCUT2D eigenvalue weighted by Gasteiger charge is -2.33. The van der Waals surface area contributed by atoms with E-state index in [-0.39, 0.29) is 10.7 Å². The predicted molar refractivity (Wildman–Crippen MR) is 86.3 cm³/mol. The second-order valence-corrected chi connectivity index (χ2v) is 6.58. The van der Waals surface area contributed by atoms with Gasteiger partial charge in [0, 0.05) is 13.1 Å². The number of carbonyl (C=O) groups is 2. The molecule has 1 aliphatic rings. The van der Waals surface area contributed by atoms with Crippen molar-refractivity contribution in [1.29, 1.82) is 0 Å². The summed E-state index contributed by atoms with van der Waals surface area (Å²) in [6.07, 6.45) is -4.57. The molecule has 0 radical (unpaired) electrons. The number of morpholine rings is 1. The van der Waals surface area contributed by atoms with Crippen LogP contribution in [0.5, 0.6) is 0 Å². The number of nitrogens with zero attached hydrogens (tertiary/aromatic N) is 1. The van der Waals surface area contributed by atoms with Crippen LogP contribution >= 0.6 is 11.6 Å². The van der Waals surface area contributed by atoms with Crippen LogP contribution in [0.25, 0.3) is 0 Å². The van der Waals surface area contributed by atoms with Gasteiger partial charge in [-0.1, -0.05) is 11.6 Å². The van der Waals surface area contributed by atoms with Gasteiger partial charge >= 0.3 is 6.18 Å². The molecule has 0 bridgehead atoms. The van der Waals surface area contributed by atoms with Gasteiger partial charge in [0.15, 0.2) is 0 Å². The van der Waals surface area contributed by atoms with Crippen LogP contribution in [0.15, 0.2) is 18.2 Å². The molecule has 1 heterocycles. The summed E-state index contributed by atoms with van der Waals surface area (Å²) in [7, 11) is 0. The quantitative estimate of drug-likeness (QED) is 0.822. The van der Waals surface area contributed by atoms with Gasteiger partial charge < -0.3 is 15.0 Å². The average molecular weight is 379 g/mol. The zero-order chi connectivity index (χ0) is 18.8. The van der Waals surface area contributed by atoms with E-state index < -0.39 is 29.0 Å². The van der Waals surface area contributed by atoms with Crippen molar-refractivity contribution in [3.63, 3.8) is 0 Å². The summed E-state index contributed by atoms with van der Waals surface area (Å²) in [5.41, 5.74) is -2.59. The molecule has 2 amide bonds. The summed E-state index contributed by atoms with van der Waals surface area (Å²) in [6, 6.07) is 2.62. The predicted octanol–water partition coefficient (Wildman–Crippen LogP) is 3.18. The van der Waals surface area contributed by atoms with Gasteiger partial charge in [-0.15, -0.1) is 0 Å². The Bertz CT molecular complexity index is 671. The summed E-state index contributed by atoms with van der Waals surface area (Å²) in [5.74, 6) is -1.15. The highest BCUT2D eigenvalue weighted by molar-refractivity contribution is 6.34. The van der Waals surface area contributed by atoms with Crippen molar-refractivity contribution in [2.45, 2.75) is 20.0 Å². The van der Waals surface area contributed by atoms with Crippen LogP contribution in [0.1, 0.15) is 19.4 Å². The van der Waals surface area contributed by atoms with Crippen molar-refractivity contribution in [1.82, 2.24) is 4.90 Å². The lowest BCUT2D eigenvalue weighted by atomic mass is 9.90. The largest absolute Gasteiger partial charge is 0.416 e. The fourth-order valence-electron chi connectivity index (χ4n) is 2.33. The fourth-order valence-corrected chi connectivity index (χ4v) is 2.50. The van der Waals surface area contributed by atoms with Crippen molar-refractivity contribution in [2.75, 3.05) is 31.6 Å². The number of halogens is 4. The molecule has 0 atom stereocenters. The van der Waals surface area contributed by atoms with Gasteiger partial charge in [-0.2, -0.15) is 13.2 Å². The molecule has 138 valence electrons. The number of hydrogen-bond acceptors (Lipinski definition) is 3. The highest BCUT2D eigenvalue weighted by atomic mass is 35.5. The first-order chi connectivity index (χ1) is 11.5. The summed E-state index contributed by atoms with van der Waals surface area (Å²) in [4.78, 5) is 26.6. The summed E-state index contributed by atoms with van der Waals surface area (Å²) < 4.78 is 43.6. The Morgan fingerprint density at radius 2 is 1.80 bits per heavy atom. The molecule has 1 fully saturated rings. The number of anilines is 1. The molecule has 0 saturated carbocycles. The van der Waals surface area contributed by atoms with E-state index in [1.807, 2.05) is 0 Å². The van der Waals surface area contributed by atoms with E-state index in [4.69, 9.17) is 16.3 Å². The van der Waals surface area contributed by atoms with Crippen molar-refractivity contribution in [3.05, 3.63) is 28.8 Å². The Balaban J connectivity index is 2.18. The number of amides is 2. The maximum atomic E-state index is 12.8. The molecule has 9 heteroatoms. The molecule has 0 aromatic heterocycles. The lowest BCUT2D eigenvalue weighted by Crippen LogP contribution is -2.51. The molecule has 25 heavy (non-hydrogen) atoms. The van der Waals surface area contributed by atoms with Gasteiger partial charge in [0.2, 0.25) is 11.8 Å². The van der Waals surface area contributed by atoms with Crippen molar-refractivity contribution >= 4 is 29.1 Å². The maximum absolute atomic E-state index is 12.8. The lowest BCUT2D eigenvalue weighted by molar-refractivity contribution is -0.149. The molecule has 0 aliphatic carbocycles. The molecular weight excluding hydrogens is 361 g/mol. The van der Waals surface area contributed by atoms with Crippen LogP contribution in [0.2, 0.25) is 5.02 Å². The van der Waals surface area contributed by atoms with Gasteiger partial charge in [-0.05, 0) is 32.0 Å². The standard InChI is InChI=1S/C16H18ClF3N2O3/c1-15(2,14(24)22-5-7-25-8-6-22)13(23)21-12-9-10(16(18,19)20)3-4-11(12)17/h3-4,9H,5-8H2,1-2H3,(H,21,23). The van der Waals surface area contributed by atoms with Crippen LogP contribution < -0.4 is 5.32 Å².